The second-order valence-corrected chi connectivity index (χ2v) is 5.45. The van der Waals surface area contributed by atoms with Crippen LogP contribution < -0.4 is 5.32 Å². The minimum absolute atomic E-state index is 0.205. The second kappa shape index (κ2) is 7.49. The van der Waals surface area contributed by atoms with E-state index in [1.54, 1.807) is 0 Å². The Hall–Kier alpha value is -1.08. The number of thioether (sulfide) groups is 1. The van der Waals surface area contributed by atoms with Gasteiger partial charge in [-0.3, -0.25) is 9.89 Å². The Bertz CT molecular complexity index is 410. The molecular weight excluding hydrogens is 264 g/mol. The summed E-state index contributed by atoms with van der Waals surface area (Å²) in [6, 6.07) is 0. The van der Waals surface area contributed by atoms with Crippen LogP contribution in [0.4, 0.5) is 0 Å². The molecule has 1 rings (SSSR count). The van der Waals surface area contributed by atoms with Gasteiger partial charge >= 0.3 is 5.97 Å². The molecule has 108 valence electrons. The molecule has 0 fully saturated rings. The highest BCUT2D eigenvalue weighted by Gasteiger charge is 2.33. The van der Waals surface area contributed by atoms with Crippen LogP contribution in [0.5, 0.6) is 0 Å². The largest absolute Gasteiger partial charge is 0.465 e. The van der Waals surface area contributed by atoms with Gasteiger partial charge in [-0.15, -0.1) is 5.10 Å². The number of H-pyrrole nitrogens is 1. The summed E-state index contributed by atoms with van der Waals surface area (Å²) >= 11 is 1.53. The van der Waals surface area contributed by atoms with Crippen LogP contribution in [0.15, 0.2) is 5.16 Å². The van der Waals surface area contributed by atoms with E-state index in [1.807, 2.05) is 27.7 Å². The van der Waals surface area contributed by atoms with E-state index in [2.05, 4.69) is 20.5 Å². The summed E-state index contributed by atoms with van der Waals surface area (Å²) in [5, 5.41) is 10.8. The fraction of sp³-hybridized carbons (Fsp3) is 0.750. The number of carbonyl (C=O) groups excluding carboxylic acids is 1. The molecule has 1 aromatic rings. The van der Waals surface area contributed by atoms with E-state index in [9.17, 15) is 4.79 Å². The van der Waals surface area contributed by atoms with Crippen molar-refractivity contribution in [1.82, 2.24) is 20.5 Å². The van der Waals surface area contributed by atoms with E-state index in [0.717, 1.165) is 18.1 Å². The number of aryl methyl sites for hydroxylation is 1. The molecule has 0 saturated heterocycles. The summed E-state index contributed by atoms with van der Waals surface area (Å²) in [6.45, 7) is 8.64. The first kappa shape index (κ1) is 16.0. The molecular formula is C12H22N4O2S. The number of rotatable bonds is 8. The van der Waals surface area contributed by atoms with Gasteiger partial charge < -0.3 is 10.1 Å². The number of hydrogen-bond acceptors (Lipinski definition) is 6. The van der Waals surface area contributed by atoms with E-state index >= 15 is 0 Å². The Balaban J connectivity index is 2.51. The molecule has 1 heterocycles. The van der Waals surface area contributed by atoms with Gasteiger partial charge in [0.2, 0.25) is 5.16 Å². The number of carbonyl (C=O) groups is 1. The summed E-state index contributed by atoms with van der Waals surface area (Å²) in [5.74, 6) is 1.34. The maximum atomic E-state index is 12.0. The molecule has 1 atom stereocenters. The average Bonchev–Trinajstić information content (AvgIpc) is 2.76. The van der Waals surface area contributed by atoms with Crippen LogP contribution in [0, 0.1) is 6.92 Å². The van der Waals surface area contributed by atoms with Gasteiger partial charge in [-0.1, -0.05) is 18.7 Å². The van der Waals surface area contributed by atoms with Gasteiger partial charge in [0, 0.05) is 5.75 Å². The standard InChI is InChI=1S/C12H22N4O2S/c1-5-13-12(4,10(17)18-6-2)7-8-19-11-14-9(3)15-16-11/h13H,5-8H2,1-4H3,(H,14,15,16). The van der Waals surface area contributed by atoms with Crippen LogP contribution in [0.2, 0.25) is 0 Å². The third-order valence-corrected chi connectivity index (χ3v) is 3.55. The van der Waals surface area contributed by atoms with E-state index in [0.29, 0.717) is 18.2 Å². The van der Waals surface area contributed by atoms with Crippen molar-refractivity contribution in [2.24, 2.45) is 0 Å². The molecule has 0 radical (unpaired) electrons. The summed E-state index contributed by atoms with van der Waals surface area (Å²) in [6.07, 6.45) is 0.665. The fourth-order valence-corrected chi connectivity index (χ4v) is 2.68. The van der Waals surface area contributed by atoms with Crippen LogP contribution in [0.25, 0.3) is 0 Å². The Morgan fingerprint density at radius 2 is 2.26 bits per heavy atom. The van der Waals surface area contributed by atoms with Crippen molar-refractivity contribution in [2.45, 2.75) is 44.8 Å². The Morgan fingerprint density at radius 3 is 2.79 bits per heavy atom. The fourth-order valence-electron chi connectivity index (χ4n) is 1.68. The molecule has 19 heavy (non-hydrogen) atoms. The van der Waals surface area contributed by atoms with E-state index in [-0.39, 0.29) is 5.97 Å². The maximum absolute atomic E-state index is 12.0. The van der Waals surface area contributed by atoms with Gasteiger partial charge in [0.15, 0.2) is 0 Å². The molecule has 0 bridgehead atoms. The van der Waals surface area contributed by atoms with Crippen molar-refractivity contribution in [3.63, 3.8) is 0 Å². The van der Waals surface area contributed by atoms with E-state index < -0.39 is 5.54 Å². The van der Waals surface area contributed by atoms with Gasteiger partial charge in [-0.05, 0) is 33.7 Å². The smallest absolute Gasteiger partial charge is 0.326 e. The van der Waals surface area contributed by atoms with E-state index in [1.165, 1.54) is 11.8 Å². The average molecular weight is 286 g/mol. The van der Waals surface area contributed by atoms with Crippen LogP contribution >= 0.6 is 11.8 Å². The third-order valence-electron chi connectivity index (χ3n) is 2.70. The first-order valence-electron chi connectivity index (χ1n) is 6.46. The van der Waals surface area contributed by atoms with Gasteiger partial charge in [0.25, 0.3) is 0 Å². The van der Waals surface area contributed by atoms with Crippen LogP contribution in [-0.2, 0) is 9.53 Å². The highest BCUT2D eigenvalue weighted by atomic mass is 32.2. The number of nitrogens with one attached hydrogen (secondary N) is 2. The highest BCUT2D eigenvalue weighted by molar-refractivity contribution is 7.99. The minimum atomic E-state index is -0.650. The van der Waals surface area contributed by atoms with Gasteiger partial charge in [0.1, 0.15) is 11.4 Å². The number of aromatic amines is 1. The van der Waals surface area contributed by atoms with Crippen LogP contribution in [-0.4, -0.2) is 45.6 Å². The molecule has 0 aromatic carbocycles. The van der Waals surface area contributed by atoms with Crippen LogP contribution in [0.3, 0.4) is 0 Å². The topological polar surface area (TPSA) is 79.9 Å². The molecule has 1 aromatic heterocycles. The third kappa shape index (κ3) is 4.83. The lowest BCUT2D eigenvalue weighted by molar-refractivity contribution is -0.150. The molecule has 0 aliphatic rings. The zero-order valence-electron chi connectivity index (χ0n) is 11.9. The van der Waals surface area contributed by atoms with E-state index in [4.69, 9.17) is 4.74 Å². The molecule has 7 heteroatoms. The van der Waals surface area contributed by atoms with Crippen molar-refractivity contribution in [3.05, 3.63) is 5.82 Å². The predicted octanol–water partition coefficient (Wildman–Crippen LogP) is 1.53. The number of nitrogens with zero attached hydrogens (tertiary/aromatic N) is 2. The maximum Gasteiger partial charge on any atom is 0.326 e. The van der Waals surface area contributed by atoms with Crippen molar-refractivity contribution in [1.29, 1.82) is 0 Å². The number of likely N-dealkylation sites (N-methyl/N-ethyl adjacent to an activating group) is 1. The Labute approximate surface area is 118 Å². The van der Waals surface area contributed by atoms with Crippen molar-refractivity contribution in [2.75, 3.05) is 18.9 Å². The molecule has 1 unspecified atom stereocenters. The lowest BCUT2D eigenvalue weighted by Gasteiger charge is -2.27. The molecule has 2 N–H and O–H groups in total. The van der Waals surface area contributed by atoms with Crippen molar-refractivity contribution >= 4 is 17.7 Å². The SMILES string of the molecule is CCNC(C)(CCSc1n[nH]c(C)n1)C(=O)OCC. The quantitative estimate of drug-likeness (QED) is 0.557. The number of esters is 1. The number of ether oxygens (including phenoxy) is 1. The van der Waals surface area contributed by atoms with Gasteiger partial charge in [-0.2, -0.15) is 0 Å². The minimum Gasteiger partial charge on any atom is -0.465 e. The van der Waals surface area contributed by atoms with Crippen molar-refractivity contribution in [3.8, 4) is 0 Å². The van der Waals surface area contributed by atoms with Gasteiger partial charge in [-0.25, -0.2) is 4.98 Å². The summed E-state index contributed by atoms with van der Waals surface area (Å²) in [4.78, 5) is 16.2. The second-order valence-electron chi connectivity index (χ2n) is 4.38. The zero-order chi connectivity index (χ0) is 14.3. The Morgan fingerprint density at radius 1 is 1.53 bits per heavy atom. The van der Waals surface area contributed by atoms with Crippen LogP contribution in [0.1, 0.15) is 33.0 Å². The molecule has 0 aliphatic carbocycles. The first-order valence-corrected chi connectivity index (χ1v) is 7.44. The van der Waals surface area contributed by atoms with Crippen molar-refractivity contribution < 1.29 is 9.53 Å². The zero-order valence-corrected chi connectivity index (χ0v) is 12.8. The molecule has 6 nitrogen and oxygen atoms in total. The molecule has 0 amide bonds. The summed E-state index contributed by atoms with van der Waals surface area (Å²) < 4.78 is 5.12. The molecule has 0 spiro atoms. The summed E-state index contributed by atoms with van der Waals surface area (Å²) in [7, 11) is 0. The Kier molecular flexibility index (Phi) is 6.30. The van der Waals surface area contributed by atoms with Gasteiger partial charge in [0.05, 0.1) is 6.61 Å². The molecule has 0 aliphatic heterocycles. The predicted molar refractivity (Wildman–Crippen MR) is 75.2 cm³/mol. The normalized spacial score (nSPS) is 14.1. The highest BCUT2D eigenvalue weighted by Crippen LogP contribution is 2.20. The lowest BCUT2D eigenvalue weighted by atomic mass is 9.99. The molecule has 0 saturated carbocycles. The lowest BCUT2D eigenvalue weighted by Crippen LogP contribution is -2.50. The number of aromatic nitrogens is 3. The monoisotopic (exact) mass is 286 g/mol. The summed E-state index contributed by atoms with van der Waals surface area (Å²) in [5.41, 5.74) is -0.650. The number of hydrogen-bond donors (Lipinski definition) is 2. The first-order chi connectivity index (χ1) is 9.01.